The fraction of sp³-hybridized carbons (Fsp3) is 0.520. The molecule has 0 aliphatic heterocycles. The molecule has 2 saturated carbocycles. The predicted molar refractivity (Wildman–Crippen MR) is 229 cm³/mol. The van der Waals surface area contributed by atoms with Crippen molar-refractivity contribution >= 4 is 28.0 Å². The van der Waals surface area contributed by atoms with E-state index in [1.165, 1.54) is 116 Å². The maximum Gasteiger partial charge on any atom is 0.200 e. The van der Waals surface area contributed by atoms with Crippen LogP contribution in [0.25, 0.3) is 0 Å². The summed E-state index contributed by atoms with van der Waals surface area (Å²) in [4.78, 5) is 0. The van der Waals surface area contributed by atoms with Gasteiger partial charge in [-0.2, -0.15) is 0 Å². The second-order valence-electron chi connectivity index (χ2n) is 19.6. The van der Waals surface area contributed by atoms with E-state index in [0.29, 0.717) is 10.8 Å². The smallest absolute Gasteiger partial charge is 0.200 e. The van der Waals surface area contributed by atoms with Crippen molar-refractivity contribution in [1.29, 1.82) is 0 Å². The fourth-order valence-corrected chi connectivity index (χ4v) is 11.2. The van der Waals surface area contributed by atoms with Gasteiger partial charge in [0.2, 0.25) is 0 Å². The van der Waals surface area contributed by atoms with Crippen LogP contribution in [0.15, 0.2) is 0 Å². The van der Waals surface area contributed by atoms with Crippen molar-refractivity contribution < 1.29 is 93.1 Å². The van der Waals surface area contributed by atoms with E-state index in [1.807, 2.05) is 0 Å². The van der Waals surface area contributed by atoms with Crippen LogP contribution in [-0.2, 0) is 0 Å². The zero-order valence-electron chi connectivity index (χ0n) is 39.6. The lowest BCUT2D eigenvalue weighted by Crippen LogP contribution is -2.99. The molecule has 0 amide bonds. The van der Waals surface area contributed by atoms with Crippen LogP contribution in [0.4, 0.5) is 87.8 Å². The highest BCUT2D eigenvalue weighted by Gasteiger charge is 2.53. The summed E-state index contributed by atoms with van der Waals surface area (Å²) >= 11 is 0. The molecule has 6 rings (SSSR count). The van der Waals surface area contributed by atoms with E-state index in [2.05, 4.69) is 33.0 Å². The number of quaternary nitrogens is 1. The summed E-state index contributed by atoms with van der Waals surface area (Å²) in [6, 6.07) is 1.74. The Morgan fingerprint density at radius 1 is 0.319 bits per heavy atom. The van der Waals surface area contributed by atoms with E-state index < -0.39 is 144 Å². The molecule has 22 heteroatoms. The number of nitrogens with two attached hydrogens (primary N) is 1. The fourth-order valence-electron chi connectivity index (χ4n) is 11.2. The van der Waals surface area contributed by atoms with Gasteiger partial charge >= 0.3 is 0 Å². The van der Waals surface area contributed by atoms with Crippen molar-refractivity contribution in [3.63, 3.8) is 0 Å². The zero-order chi connectivity index (χ0) is 53.9. The topological polar surface area (TPSA) is 16.6 Å². The Balaban J connectivity index is 0.000000304. The summed E-state index contributed by atoms with van der Waals surface area (Å²) in [6.07, 6.45) is 19.0. The van der Waals surface area contributed by atoms with Gasteiger partial charge < -0.3 is 5.32 Å². The minimum atomic E-state index is -7.22. The molecule has 72 heavy (non-hydrogen) atoms. The Morgan fingerprint density at radius 3 is 0.708 bits per heavy atom. The van der Waals surface area contributed by atoms with Crippen LogP contribution in [0.5, 0.6) is 0 Å². The summed E-state index contributed by atoms with van der Waals surface area (Å²) < 4.78 is 294. The molecular formula is C50H52BF20N. The zero-order valence-corrected chi connectivity index (χ0v) is 39.6. The van der Waals surface area contributed by atoms with Crippen LogP contribution < -0.4 is 27.2 Å². The molecule has 0 saturated heterocycles. The van der Waals surface area contributed by atoms with E-state index in [0.717, 1.165) is 12.1 Å². The number of unbranched alkanes of at least 4 members (excludes halogenated alkanes) is 4. The van der Waals surface area contributed by atoms with Crippen molar-refractivity contribution in [3.8, 4) is 0 Å². The first kappa shape index (κ1) is 58.4. The Kier molecular flexibility index (Phi) is 19.0. The summed E-state index contributed by atoms with van der Waals surface area (Å²) in [5.41, 5.74) is -13.1. The van der Waals surface area contributed by atoms with Gasteiger partial charge in [0, 0.05) is 10.8 Å². The summed E-state index contributed by atoms with van der Waals surface area (Å²) in [6.45, 7) is 10.0. The first-order chi connectivity index (χ1) is 33.7. The second-order valence-corrected chi connectivity index (χ2v) is 19.6. The van der Waals surface area contributed by atoms with E-state index in [-0.39, 0.29) is 0 Å². The number of benzene rings is 4. The molecule has 0 bridgehead atoms. The molecular weight excluding hydrogens is 1010 g/mol. The van der Waals surface area contributed by atoms with Crippen molar-refractivity contribution in [3.05, 3.63) is 116 Å². The Bertz CT molecular complexity index is 2190. The van der Waals surface area contributed by atoms with Gasteiger partial charge in [-0.25, -0.2) is 87.8 Å². The molecule has 0 aromatic heterocycles. The maximum atomic E-state index is 15.4. The van der Waals surface area contributed by atoms with Crippen molar-refractivity contribution in [1.82, 2.24) is 0 Å². The minimum Gasteiger partial charge on any atom is -0.340 e. The minimum absolute atomic E-state index is 0.597. The third-order valence-corrected chi connectivity index (χ3v) is 15.2. The monoisotopic (exact) mass is 1060 g/mol. The Morgan fingerprint density at radius 2 is 0.514 bits per heavy atom. The van der Waals surface area contributed by atoms with Gasteiger partial charge in [-0.05, 0) is 51.4 Å². The third kappa shape index (κ3) is 10.4. The lowest BCUT2D eigenvalue weighted by molar-refractivity contribution is -0.747. The molecule has 2 aliphatic rings. The standard InChI is InChI=1S/C26H51N.C24BF20/c1-5-7-11-17-23(25(3)19-13-9-14-20-25)27-24(18-12-8-6-2)26(4)21-15-10-16-22-26;26-5-1(6(27)14(35)21(42)13(5)34)25(2-7(28)15(36)22(43)16(37)8(2)29,3-9(30)17(38)23(44)18(39)10(3)31)4-11(32)19(40)24(45)20(41)12(4)33/h23-24,27H,5-22H2,1-4H3;/q;-1/p+1. The maximum absolute atomic E-state index is 15.4. The van der Waals surface area contributed by atoms with Gasteiger partial charge in [-0.1, -0.05) is 91.9 Å². The average Bonchev–Trinajstić information content (AvgIpc) is 3.36. The van der Waals surface area contributed by atoms with E-state index in [4.69, 9.17) is 0 Å². The second kappa shape index (κ2) is 23.4. The normalized spacial score (nSPS) is 16.7. The average molecular weight is 1060 g/mol. The number of hydrogen-bond acceptors (Lipinski definition) is 0. The Labute approximate surface area is 403 Å². The number of halogens is 20. The van der Waals surface area contributed by atoms with Crippen LogP contribution in [0.1, 0.15) is 143 Å². The summed E-state index contributed by atoms with van der Waals surface area (Å²) in [5.74, 6) is -71.4. The van der Waals surface area contributed by atoms with Gasteiger partial charge in [0.1, 0.15) is 52.7 Å². The molecule has 0 spiro atoms. The van der Waals surface area contributed by atoms with Crippen LogP contribution in [0.3, 0.4) is 0 Å². The molecule has 0 heterocycles. The van der Waals surface area contributed by atoms with Crippen molar-refractivity contribution in [2.24, 2.45) is 10.8 Å². The molecule has 1 nitrogen and oxygen atoms in total. The highest BCUT2D eigenvalue weighted by atomic mass is 19.2. The first-order valence-electron chi connectivity index (χ1n) is 23.8. The largest absolute Gasteiger partial charge is 0.340 e. The van der Waals surface area contributed by atoms with E-state index >= 15 is 35.1 Å². The summed E-state index contributed by atoms with van der Waals surface area (Å²) in [7, 11) is 0. The number of hydrogen-bond donors (Lipinski definition) is 1. The molecule has 2 aliphatic carbocycles. The van der Waals surface area contributed by atoms with Crippen LogP contribution in [-0.4, -0.2) is 18.2 Å². The number of rotatable bonds is 16. The molecule has 2 atom stereocenters. The molecule has 2 N–H and O–H groups in total. The van der Waals surface area contributed by atoms with Crippen molar-refractivity contribution in [2.45, 2.75) is 155 Å². The van der Waals surface area contributed by atoms with Crippen LogP contribution in [0, 0.1) is 127 Å². The first-order valence-corrected chi connectivity index (χ1v) is 23.8. The van der Waals surface area contributed by atoms with Gasteiger partial charge in [0.05, 0.1) is 12.1 Å². The highest BCUT2D eigenvalue weighted by molar-refractivity contribution is 7.20. The van der Waals surface area contributed by atoms with Gasteiger partial charge in [0.15, 0.2) is 69.8 Å². The highest BCUT2D eigenvalue weighted by Crippen LogP contribution is 2.42. The van der Waals surface area contributed by atoms with Gasteiger partial charge in [0.25, 0.3) is 0 Å². The third-order valence-electron chi connectivity index (χ3n) is 15.2. The van der Waals surface area contributed by atoms with E-state index in [1.54, 1.807) is 0 Å². The lowest BCUT2D eigenvalue weighted by Gasteiger charge is -2.45. The van der Waals surface area contributed by atoms with Crippen molar-refractivity contribution in [2.75, 3.05) is 0 Å². The molecule has 2 fully saturated rings. The van der Waals surface area contributed by atoms with Crippen LogP contribution in [0.2, 0.25) is 0 Å². The molecule has 0 radical (unpaired) electrons. The molecule has 4 aromatic rings. The predicted octanol–water partition coefficient (Wildman–Crippen LogP) is 13.2. The molecule has 2 unspecified atom stereocenters. The SMILES string of the molecule is CCCCCC([NH2+]C(CCCCC)C1(C)CCCCC1)C1(C)CCCCC1.Fc1c(F)c(F)c([B-](c2c(F)c(F)c(F)c(F)c2F)(c2c(F)c(F)c(F)c(F)c2F)c2c(F)c(F)c(F)c(F)c2F)c(F)c1F. The van der Waals surface area contributed by atoms with E-state index in [9.17, 15) is 52.7 Å². The lowest BCUT2D eigenvalue weighted by atomic mass is 9.12. The van der Waals surface area contributed by atoms with Gasteiger partial charge in [-0.15, -0.1) is 21.9 Å². The molecule has 4 aromatic carbocycles. The van der Waals surface area contributed by atoms with Crippen LogP contribution >= 0.6 is 0 Å². The molecule has 400 valence electrons. The summed E-state index contributed by atoms with van der Waals surface area (Å²) in [5, 5.41) is 2.97. The Hall–Kier alpha value is -4.50. The quantitative estimate of drug-likeness (QED) is 0.0379. The van der Waals surface area contributed by atoms with Gasteiger partial charge in [-0.3, -0.25) is 0 Å².